The van der Waals surface area contributed by atoms with Crippen molar-refractivity contribution in [2.24, 2.45) is 16.5 Å². The smallest absolute Gasteiger partial charge is 0.334 e. The standard InChI is InChI=1S/C19H18ClN5O2/c20-16-15(14(18(26)27)23-19(21)22)25(11-12-7-3-1-4-8-12)17(24-16)13-9-5-2-6-10-13/h1-10,14H,11H2,(H,26,27)(H4,21,22,23). The number of carboxylic acids is 1. The van der Waals surface area contributed by atoms with Gasteiger partial charge in [-0.1, -0.05) is 72.3 Å². The van der Waals surface area contributed by atoms with Gasteiger partial charge in [0.15, 0.2) is 17.2 Å². The highest BCUT2D eigenvalue weighted by Crippen LogP contribution is 2.32. The molecule has 1 unspecified atom stereocenters. The summed E-state index contributed by atoms with van der Waals surface area (Å²) in [5, 5.41) is 9.70. The van der Waals surface area contributed by atoms with E-state index in [1.165, 1.54) is 0 Å². The summed E-state index contributed by atoms with van der Waals surface area (Å²) < 4.78 is 1.73. The number of imidazole rings is 1. The highest BCUT2D eigenvalue weighted by atomic mass is 35.5. The largest absolute Gasteiger partial charge is 0.479 e. The van der Waals surface area contributed by atoms with Gasteiger partial charge in [0.1, 0.15) is 5.82 Å². The first-order chi connectivity index (χ1) is 13.0. The Labute approximate surface area is 160 Å². The zero-order valence-electron chi connectivity index (χ0n) is 14.3. The molecule has 7 nitrogen and oxygen atoms in total. The Balaban J connectivity index is 2.21. The lowest BCUT2D eigenvalue weighted by Gasteiger charge is -2.15. The van der Waals surface area contributed by atoms with Crippen LogP contribution in [-0.4, -0.2) is 26.6 Å². The van der Waals surface area contributed by atoms with Gasteiger partial charge in [-0.2, -0.15) is 0 Å². The summed E-state index contributed by atoms with van der Waals surface area (Å²) in [6.07, 6.45) is 0. The third kappa shape index (κ3) is 4.09. The Morgan fingerprint density at radius 1 is 1.11 bits per heavy atom. The molecule has 138 valence electrons. The summed E-state index contributed by atoms with van der Waals surface area (Å²) in [5.41, 5.74) is 12.8. The number of aliphatic imine (C=N–C) groups is 1. The van der Waals surface area contributed by atoms with Crippen LogP contribution >= 0.6 is 11.6 Å². The van der Waals surface area contributed by atoms with Crippen molar-refractivity contribution in [1.82, 2.24) is 9.55 Å². The minimum Gasteiger partial charge on any atom is -0.479 e. The molecule has 0 spiro atoms. The van der Waals surface area contributed by atoms with E-state index in [0.717, 1.165) is 11.1 Å². The Bertz CT molecular complexity index is 967. The molecule has 0 fully saturated rings. The van der Waals surface area contributed by atoms with Crippen LogP contribution in [0.2, 0.25) is 5.15 Å². The molecule has 0 saturated carbocycles. The molecule has 3 rings (SSSR count). The van der Waals surface area contributed by atoms with E-state index in [2.05, 4.69) is 9.98 Å². The summed E-state index contributed by atoms with van der Waals surface area (Å²) in [7, 11) is 0. The topological polar surface area (TPSA) is 120 Å². The number of rotatable bonds is 6. The first kappa shape index (κ1) is 18.5. The number of nitrogens with zero attached hydrogens (tertiary/aromatic N) is 3. The van der Waals surface area contributed by atoms with Crippen molar-refractivity contribution in [1.29, 1.82) is 0 Å². The molecule has 1 atom stereocenters. The number of carboxylic acid groups (broad SMARTS) is 1. The van der Waals surface area contributed by atoms with Crippen LogP contribution < -0.4 is 11.5 Å². The Morgan fingerprint density at radius 2 is 1.70 bits per heavy atom. The van der Waals surface area contributed by atoms with E-state index in [1.807, 2.05) is 60.7 Å². The highest BCUT2D eigenvalue weighted by molar-refractivity contribution is 6.30. The number of aliphatic carboxylic acids is 1. The molecule has 3 aromatic rings. The van der Waals surface area contributed by atoms with Gasteiger partial charge in [0.25, 0.3) is 0 Å². The molecule has 27 heavy (non-hydrogen) atoms. The highest BCUT2D eigenvalue weighted by Gasteiger charge is 2.29. The van der Waals surface area contributed by atoms with Crippen LogP contribution in [-0.2, 0) is 11.3 Å². The number of aromatic nitrogens is 2. The SMILES string of the molecule is NC(N)=NC(C(=O)O)c1c(Cl)nc(-c2ccccc2)n1Cc1ccccc1. The van der Waals surface area contributed by atoms with Gasteiger partial charge in [0.05, 0.1) is 5.69 Å². The number of hydrogen-bond donors (Lipinski definition) is 3. The molecule has 1 aromatic heterocycles. The Kier molecular flexibility index (Phi) is 5.42. The van der Waals surface area contributed by atoms with Gasteiger partial charge in [-0.25, -0.2) is 14.8 Å². The second-order valence-corrected chi connectivity index (χ2v) is 6.20. The number of halogens is 1. The lowest BCUT2D eigenvalue weighted by Crippen LogP contribution is -2.26. The molecule has 2 aromatic carbocycles. The molecule has 0 aliphatic carbocycles. The Hall–Kier alpha value is -3.32. The van der Waals surface area contributed by atoms with E-state index < -0.39 is 12.0 Å². The van der Waals surface area contributed by atoms with Crippen LogP contribution in [0.5, 0.6) is 0 Å². The second-order valence-electron chi connectivity index (χ2n) is 5.84. The van der Waals surface area contributed by atoms with Crippen molar-refractivity contribution >= 4 is 23.5 Å². The summed E-state index contributed by atoms with van der Waals surface area (Å²) >= 11 is 6.34. The van der Waals surface area contributed by atoms with Crippen molar-refractivity contribution < 1.29 is 9.90 Å². The van der Waals surface area contributed by atoms with Crippen LogP contribution in [0.15, 0.2) is 65.7 Å². The molecule has 0 amide bonds. The number of benzene rings is 2. The van der Waals surface area contributed by atoms with Crippen LogP contribution in [0.25, 0.3) is 11.4 Å². The average Bonchev–Trinajstić information content (AvgIpc) is 2.97. The lowest BCUT2D eigenvalue weighted by molar-refractivity contribution is -0.138. The van der Waals surface area contributed by atoms with Gasteiger partial charge in [-0.3, -0.25) is 0 Å². The molecule has 0 saturated heterocycles. The van der Waals surface area contributed by atoms with Crippen LogP contribution in [0.4, 0.5) is 0 Å². The zero-order valence-corrected chi connectivity index (χ0v) is 15.0. The maximum atomic E-state index is 11.8. The number of guanidine groups is 1. The molecule has 1 heterocycles. The quantitative estimate of drug-likeness (QED) is 0.446. The zero-order chi connectivity index (χ0) is 19.4. The Morgan fingerprint density at radius 3 is 2.26 bits per heavy atom. The van der Waals surface area contributed by atoms with Gasteiger partial charge in [0.2, 0.25) is 0 Å². The van der Waals surface area contributed by atoms with E-state index in [0.29, 0.717) is 12.4 Å². The van der Waals surface area contributed by atoms with Crippen LogP contribution in [0.1, 0.15) is 17.3 Å². The van der Waals surface area contributed by atoms with E-state index >= 15 is 0 Å². The second kappa shape index (κ2) is 7.92. The lowest BCUT2D eigenvalue weighted by atomic mass is 10.1. The van der Waals surface area contributed by atoms with E-state index in [-0.39, 0.29) is 16.8 Å². The summed E-state index contributed by atoms with van der Waals surface area (Å²) in [4.78, 5) is 20.1. The minimum atomic E-state index is -1.36. The van der Waals surface area contributed by atoms with Crippen LogP contribution in [0.3, 0.4) is 0 Å². The number of carbonyl (C=O) groups is 1. The maximum Gasteiger partial charge on any atom is 0.334 e. The minimum absolute atomic E-state index is 0.0437. The monoisotopic (exact) mass is 383 g/mol. The molecule has 0 aliphatic heterocycles. The fourth-order valence-electron chi connectivity index (χ4n) is 2.81. The fraction of sp³-hybridized carbons (Fsp3) is 0.105. The first-order valence-corrected chi connectivity index (χ1v) is 8.52. The molecular weight excluding hydrogens is 366 g/mol. The van der Waals surface area contributed by atoms with Crippen molar-refractivity contribution in [2.75, 3.05) is 0 Å². The molecular formula is C19H18ClN5O2. The molecule has 5 N–H and O–H groups in total. The molecule has 8 heteroatoms. The van der Waals surface area contributed by atoms with Gasteiger partial charge < -0.3 is 21.1 Å². The predicted octanol–water partition coefficient (Wildman–Crippen LogP) is 2.65. The van der Waals surface area contributed by atoms with Crippen molar-refractivity contribution in [2.45, 2.75) is 12.6 Å². The third-order valence-electron chi connectivity index (χ3n) is 3.95. The summed E-state index contributed by atoms with van der Waals surface area (Å²) in [6.45, 7) is 0.365. The van der Waals surface area contributed by atoms with Crippen molar-refractivity contribution in [3.05, 3.63) is 77.1 Å². The molecule has 0 bridgehead atoms. The third-order valence-corrected chi connectivity index (χ3v) is 4.23. The first-order valence-electron chi connectivity index (χ1n) is 8.14. The number of hydrogen-bond acceptors (Lipinski definition) is 3. The van der Waals surface area contributed by atoms with Gasteiger partial charge in [0, 0.05) is 12.1 Å². The normalized spacial score (nSPS) is 11.7. The van der Waals surface area contributed by atoms with E-state index in [1.54, 1.807) is 4.57 Å². The summed E-state index contributed by atoms with van der Waals surface area (Å²) in [6, 6.07) is 17.6. The van der Waals surface area contributed by atoms with Crippen LogP contribution in [0, 0.1) is 0 Å². The molecule has 0 radical (unpaired) electrons. The van der Waals surface area contributed by atoms with Crippen molar-refractivity contribution in [3.63, 3.8) is 0 Å². The summed E-state index contributed by atoms with van der Waals surface area (Å²) in [5.74, 6) is -1.03. The maximum absolute atomic E-state index is 11.8. The number of nitrogens with two attached hydrogens (primary N) is 2. The van der Waals surface area contributed by atoms with Crippen molar-refractivity contribution in [3.8, 4) is 11.4 Å². The van der Waals surface area contributed by atoms with E-state index in [4.69, 9.17) is 23.1 Å². The average molecular weight is 384 g/mol. The van der Waals surface area contributed by atoms with Gasteiger partial charge >= 0.3 is 5.97 Å². The predicted molar refractivity (Wildman–Crippen MR) is 104 cm³/mol. The molecule has 0 aliphatic rings. The van der Waals surface area contributed by atoms with Gasteiger partial charge in [-0.15, -0.1) is 0 Å². The van der Waals surface area contributed by atoms with E-state index in [9.17, 15) is 9.90 Å². The fourth-order valence-corrected chi connectivity index (χ4v) is 3.10. The van der Waals surface area contributed by atoms with Gasteiger partial charge in [-0.05, 0) is 5.56 Å².